The van der Waals surface area contributed by atoms with Crippen molar-refractivity contribution in [3.63, 3.8) is 0 Å². The Kier molecular flexibility index (Phi) is 4.56. The summed E-state index contributed by atoms with van der Waals surface area (Å²) in [5.41, 5.74) is 8.89. The molecule has 0 spiro atoms. The summed E-state index contributed by atoms with van der Waals surface area (Å²) in [6, 6.07) is 8.47. The molecule has 1 amide bonds. The Hall–Kier alpha value is -1.39. The molecular formula is C17H25N3O. The number of amides is 1. The van der Waals surface area contributed by atoms with Crippen LogP contribution in [-0.2, 0) is 11.2 Å². The highest BCUT2D eigenvalue weighted by Gasteiger charge is 2.25. The quantitative estimate of drug-likeness (QED) is 0.884. The van der Waals surface area contributed by atoms with E-state index in [1.807, 2.05) is 4.90 Å². The van der Waals surface area contributed by atoms with Crippen molar-refractivity contribution in [3.8, 4) is 0 Å². The first-order chi connectivity index (χ1) is 10.3. The highest BCUT2D eigenvalue weighted by atomic mass is 16.2. The standard InChI is InChI=1S/C17H25N3O/c18-15(17(21)20-10-4-1-5-11-20)12-19-16-9-8-13-6-2-3-7-14(13)16/h2-3,6-7,15-16,19H,1,4-5,8-12,18H2. The number of aryl methyl sites for hydroxylation is 1. The normalized spacial score (nSPS) is 22.9. The zero-order valence-corrected chi connectivity index (χ0v) is 12.6. The summed E-state index contributed by atoms with van der Waals surface area (Å²) in [7, 11) is 0. The van der Waals surface area contributed by atoms with Gasteiger partial charge < -0.3 is 16.0 Å². The van der Waals surface area contributed by atoms with Gasteiger partial charge in [0.2, 0.25) is 5.91 Å². The molecule has 0 aromatic heterocycles. The number of fused-ring (bicyclic) bond motifs is 1. The molecule has 1 aromatic carbocycles. The zero-order valence-electron chi connectivity index (χ0n) is 12.6. The van der Waals surface area contributed by atoms with Gasteiger partial charge in [0, 0.05) is 25.7 Å². The third kappa shape index (κ3) is 3.27. The number of carbonyl (C=O) groups is 1. The molecule has 1 aliphatic heterocycles. The van der Waals surface area contributed by atoms with E-state index in [0.717, 1.165) is 38.8 Å². The lowest BCUT2D eigenvalue weighted by Gasteiger charge is -2.29. The van der Waals surface area contributed by atoms with Crippen molar-refractivity contribution >= 4 is 5.91 Å². The van der Waals surface area contributed by atoms with Crippen molar-refractivity contribution < 1.29 is 4.79 Å². The predicted molar refractivity (Wildman–Crippen MR) is 83.9 cm³/mol. The zero-order chi connectivity index (χ0) is 14.7. The van der Waals surface area contributed by atoms with E-state index in [-0.39, 0.29) is 5.91 Å². The van der Waals surface area contributed by atoms with E-state index < -0.39 is 6.04 Å². The van der Waals surface area contributed by atoms with Gasteiger partial charge in [0.15, 0.2) is 0 Å². The Balaban J connectivity index is 1.52. The number of nitrogens with one attached hydrogen (secondary N) is 1. The van der Waals surface area contributed by atoms with Crippen molar-refractivity contribution in [2.75, 3.05) is 19.6 Å². The number of nitrogens with zero attached hydrogens (tertiary/aromatic N) is 1. The minimum atomic E-state index is -0.420. The van der Waals surface area contributed by atoms with Crippen LogP contribution in [0.25, 0.3) is 0 Å². The predicted octanol–water partition coefficient (Wildman–Crippen LogP) is 1.60. The lowest BCUT2D eigenvalue weighted by atomic mass is 10.1. The monoisotopic (exact) mass is 287 g/mol. The number of rotatable bonds is 4. The van der Waals surface area contributed by atoms with Gasteiger partial charge in [-0.05, 0) is 43.2 Å². The fourth-order valence-electron chi connectivity index (χ4n) is 3.47. The third-order valence-corrected chi connectivity index (χ3v) is 4.70. The van der Waals surface area contributed by atoms with E-state index >= 15 is 0 Å². The number of hydrogen-bond donors (Lipinski definition) is 2. The van der Waals surface area contributed by atoms with E-state index in [1.54, 1.807) is 0 Å². The SMILES string of the molecule is NC(CNC1CCc2ccccc21)C(=O)N1CCCCC1. The number of benzene rings is 1. The Labute approximate surface area is 126 Å². The molecule has 114 valence electrons. The summed E-state index contributed by atoms with van der Waals surface area (Å²) < 4.78 is 0. The topological polar surface area (TPSA) is 58.4 Å². The second-order valence-electron chi connectivity index (χ2n) is 6.19. The first-order valence-corrected chi connectivity index (χ1v) is 8.11. The minimum absolute atomic E-state index is 0.105. The Morgan fingerprint density at radius 1 is 1.29 bits per heavy atom. The molecule has 0 saturated carbocycles. The third-order valence-electron chi connectivity index (χ3n) is 4.70. The molecule has 3 rings (SSSR count). The van der Waals surface area contributed by atoms with E-state index in [9.17, 15) is 4.79 Å². The van der Waals surface area contributed by atoms with Crippen LogP contribution in [0, 0.1) is 0 Å². The second-order valence-corrected chi connectivity index (χ2v) is 6.19. The molecule has 0 radical (unpaired) electrons. The smallest absolute Gasteiger partial charge is 0.240 e. The molecule has 1 saturated heterocycles. The van der Waals surface area contributed by atoms with Gasteiger partial charge >= 0.3 is 0 Å². The van der Waals surface area contributed by atoms with E-state index in [2.05, 4.69) is 29.6 Å². The molecule has 2 unspecified atom stereocenters. The molecule has 3 N–H and O–H groups in total. The van der Waals surface area contributed by atoms with Gasteiger partial charge in [-0.2, -0.15) is 0 Å². The maximum Gasteiger partial charge on any atom is 0.240 e. The average molecular weight is 287 g/mol. The molecular weight excluding hydrogens is 262 g/mol. The van der Waals surface area contributed by atoms with Crippen LogP contribution in [0.3, 0.4) is 0 Å². The van der Waals surface area contributed by atoms with Crippen LogP contribution >= 0.6 is 0 Å². The summed E-state index contributed by atoms with van der Waals surface area (Å²) >= 11 is 0. The largest absolute Gasteiger partial charge is 0.341 e. The van der Waals surface area contributed by atoms with Crippen molar-refractivity contribution in [2.24, 2.45) is 5.73 Å². The first kappa shape index (κ1) is 14.5. The maximum absolute atomic E-state index is 12.3. The van der Waals surface area contributed by atoms with Gasteiger partial charge in [-0.3, -0.25) is 4.79 Å². The number of hydrogen-bond acceptors (Lipinski definition) is 3. The van der Waals surface area contributed by atoms with Crippen LogP contribution in [0.1, 0.15) is 42.9 Å². The Morgan fingerprint density at radius 3 is 2.86 bits per heavy atom. The molecule has 0 bridgehead atoms. The van der Waals surface area contributed by atoms with Crippen LogP contribution in [0.5, 0.6) is 0 Å². The van der Waals surface area contributed by atoms with Gasteiger partial charge in [-0.1, -0.05) is 24.3 Å². The van der Waals surface area contributed by atoms with Crippen molar-refractivity contribution in [1.29, 1.82) is 0 Å². The van der Waals surface area contributed by atoms with Crippen molar-refractivity contribution in [2.45, 2.75) is 44.2 Å². The summed E-state index contributed by atoms with van der Waals surface area (Å²) in [5.74, 6) is 0.105. The van der Waals surface area contributed by atoms with Gasteiger partial charge in [0.05, 0.1) is 6.04 Å². The fourth-order valence-corrected chi connectivity index (χ4v) is 3.47. The molecule has 21 heavy (non-hydrogen) atoms. The van der Waals surface area contributed by atoms with E-state index in [1.165, 1.54) is 17.5 Å². The van der Waals surface area contributed by atoms with Gasteiger partial charge in [0.25, 0.3) is 0 Å². The molecule has 2 atom stereocenters. The maximum atomic E-state index is 12.3. The lowest BCUT2D eigenvalue weighted by molar-refractivity contribution is -0.133. The molecule has 4 heteroatoms. The molecule has 2 aliphatic rings. The molecule has 4 nitrogen and oxygen atoms in total. The Morgan fingerprint density at radius 2 is 2.05 bits per heavy atom. The van der Waals surface area contributed by atoms with Gasteiger partial charge in [-0.25, -0.2) is 0 Å². The average Bonchev–Trinajstić information content (AvgIpc) is 2.96. The molecule has 1 fully saturated rings. The van der Waals surface area contributed by atoms with Gasteiger partial charge in [0.1, 0.15) is 0 Å². The molecule has 1 heterocycles. The minimum Gasteiger partial charge on any atom is -0.341 e. The second kappa shape index (κ2) is 6.58. The fraction of sp³-hybridized carbons (Fsp3) is 0.588. The van der Waals surface area contributed by atoms with Crippen molar-refractivity contribution in [1.82, 2.24) is 10.2 Å². The summed E-state index contributed by atoms with van der Waals surface area (Å²) in [5, 5.41) is 3.49. The number of nitrogens with two attached hydrogens (primary N) is 1. The first-order valence-electron chi connectivity index (χ1n) is 8.11. The molecule has 1 aliphatic carbocycles. The highest BCUT2D eigenvalue weighted by molar-refractivity contribution is 5.82. The van der Waals surface area contributed by atoms with Crippen LogP contribution in [0.15, 0.2) is 24.3 Å². The summed E-state index contributed by atoms with van der Waals surface area (Å²) in [6.07, 6.45) is 5.67. The van der Waals surface area contributed by atoms with E-state index in [0.29, 0.717) is 12.6 Å². The van der Waals surface area contributed by atoms with Crippen LogP contribution < -0.4 is 11.1 Å². The number of carbonyl (C=O) groups excluding carboxylic acids is 1. The van der Waals surface area contributed by atoms with E-state index in [4.69, 9.17) is 5.73 Å². The molecule has 1 aromatic rings. The lowest BCUT2D eigenvalue weighted by Crippen LogP contribution is -2.50. The highest BCUT2D eigenvalue weighted by Crippen LogP contribution is 2.30. The van der Waals surface area contributed by atoms with Crippen molar-refractivity contribution in [3.05, 3.63) is 35.4 Å². The summed E-state index contributed by atoms with van der Waals surface area (Å²) in [4.78, 5) is 14.2. The number of likely N-dealkylation sites (tertiary alicyclic amines) is 1. The van der Waals surface area contributed by atoms with Gasteiger partial charge in [-0.15, -0.1) is 0 Å². The van der Waals surface area contributed by atoms with Crippen LogP contribution in [0.4, 0.5) is 0 Å². The Bertz CT molecular complexity index is 497. The van der Waals surface area contributed by atoms with Crippen LogP contribution in [-0.4, -0.2) is 36.5 Å². The van der Waals surface area contributed by atoms with Crippen LogP contribution in [0.2, 0.25) is 0 Å². The summed E-state index contributed by atoms with van der Waals surface area (Å²) in [6.45, 7) is 2.31. The number of piperidine rings is 1.